The third kappa shape index (κ3) is 3.90. The number of ether oxygens (including phenoxy) is 1. The molecule has 0 aromatic carbocycles. The van der Waals surface area contributed by atoms with Crippen molar-refractivity contribution in [3.63, 3.8) is 0 Å². The number of piperidine rings is 1. The summed E-state index contributed by atoms with van der Waals surface area (Å²) < 4.78 is 31.1. The quantitative estimate of drug-likeness (QED) is 0.715. The van der Waals surface area contributed by atoms with E-state index >= 15 is 0 Å². The fourth-order valence-electron chi connectivity index (χ4n) is 2.32. The molecule has 1 fully saturated rings. The largest absolute Gasteiger partial charge is 0.468 e. The maximum atomic E-state index is 12.5. The monoisotopic (exact) mass is 292 g/mol. The number of nitrogens with zero attached hydrogens (tertiary/aromatic N) is 1. The Balaban J connectivity index is 2.92. The summed E-state index contributed by atoms with van der Waals surface area (Å²) in [5.74, 6) is -0.699. The van der Waals surface area contributed by atoms with Crippen molar-refractivity contribution in [2.45, 2.75) is 44.4 Å². The van der Waals surface area contributed by atoms with E-state index in [1.165, 1.54) is 18.3 Å². The van der Waals surface area contributed by atoms with Crippen molar-refractivity contribution in [1.82, 2.24) is 9.62 Å². The minimum absolute atomic E-state index is 0.0155. The molecule has 0 radical (unpaired) electrons. The number of hydrogen-bond donors (Lipinski definition) is 1. The highest BCUT2D eigenvalue weighted by Crippen LogP contribution is 2.20. The first-order chi connectivity index (χ1) is 8.95. The molecule has 0 amide bonds. The van der Waals surface area contributed by atoms with Crippen LogP contribution in [0.5, 0.6) is 0 Å². The molecule has 19 heavy (non-hydrogen) atoms. The molecule has 6 nitrogen and oxygen atoms in total. The van der Waals surface area contributed by atoms with Gasteiger partial charge in [-0.05, 0) is 39.3 Å². The second-order valence-corrected chi connectivity index (χ2v) is 7.01. The summed E-state index contributed by atoms with van der Waals surface area (Å²) in [4.78, 5) is 11.5. The van der Waals surface area contributed by atoms with Gasteiger partial charge >= 0.3 is 5.97 Å². The number of hydrogen-bond acceptors (Lipinski definition) is 5. The lowest BCUT2D eigenvalue weighted by Gasteiger charge is -2.34. The highest BCUT2D eigenvalue weighted by atomic mass is 32.2. The van der Waals surface area contributed by atoms with Gasteiger partial charge in [0.25, 0.3) is 0 Å². The van der Waals surface area contributed by atoms with Crippen LogP contribution >= 0.6 is 0 Å². The molecule has 0 saturated carbocycles. The first-order valence-electron chi connectivity index (χ1n) is 6.74. The number of carbonyl (C=O) groups is 1. The highest BCUT2D eigenvalue weighted by Gasteiger charge is 2.38. The molecular formula is C12H24N2O4S. The van der Waals surface area contributed by atoms with Crippen molar-refractivity contribution in [2.24, 2.45) is 0 Å². The third-order valence-corrected chi connectivity index (χ3v) is 5.69. The zero-order valence-electron chi connectivity index (χ0n) is 11.9. The van der Waals surface area contributed by atoms with Crippen molar-refractivity contribution in [3.05, 3.63) is 0 Å². The number of carbonyl (C=O) groups excluding carboxylic acids is 1. The molecule has 1 aliphatic heterocycles. The Morgan fingerprint density at radius 1 is 1.42 bits per heavy atom. The van der Waals surface area contributed by atoms with Crippen LogP contribution in [0.1, 0.15) is 33.1 Å². The van der Waals surface area contributed by atoms with Crippen LogP contribution in [0.25, 0.3) is 0 Å². The molecule has 1 atom stereocenters. The van der Waals surface area contributed by atoms with Gasteiger partial charge in [0.15, 0.2) is 5.25 Å². The van der Waals surface area contributed by atoms with Gasteiger partial charge in [-0.3, -0.25) is 4.79 Å². The van der Waals surface area contributed by atoms with Crippen LogP contribution < -0.4 is 5.32 Å². The molecule has 1 rings (SSSR count). The maximum absolute atomic E-state index is 12.5. The lowest BCUT2D eigenvalue weighted by molar-refractivity contribution is -0.139. The SMILES string of the molecule is CCCN(C1CCNCC1)S(=O)(=O)C(C)C(=O)OC. The molecule has 0 aliphatic carbocycles. The standard InChI is InChI=1S/C12H24N2O4S/c1-4-9-14(11-5-7-13-8-6-11)19(16,17)10(2)12(15)18-3/h10-11,13H,4-9H2,1-3H3. The molecule has 1 saturated heterocycles. The second-order valence-electron chi connectivity index (χ2n) is 4.80. The summed E-state index contributed by atoms with van der Waals surface area (Å²) in [6.45, 7) is 5.41. The topological polar surface area (TPSA) is 75.7 Å². The lowest BCUT2D eigenvalue weighted by atomic mass is 10.1. The molecular weight excluding hydrogens is 268 g/mol. The van der Waals surface area contributed by atoms with Crippen LogP contribution in [0, 0.1) is 0 Å². The van der Waals surface area contributed by atoms with Gasteiger partial charge in [-0.15, -0.1) is 0 Å². The van der Waals surface area contributed by atoms with E-state index in [2.05, 4.69) is 10.1 Å². The molecule has 0 spiro atoms. The predicted octanol–water partition coefficient (Wildman–Crippen LogP) is 0.342. The van der Waals surface area contributed by atoms with Crippen LogP contribution in [0.4, 0.5) is 0 Å². The van der Waals surface area contributed by atoms with E-state index in [4.69, 9.17) is 0 Å². The summed E-state index contributed by atoms with van der Waals surface area (Å²) in [5.41, 5.74) is 0. The Bertz CT molecular complexity index is 391. The van der Waals surface area contributed by atoms with E-state index in [-0.39, 0.29) is 6.04 Å². The molecule has 7 heteroatoms. The Labute approximate surface area is 115 Å². The molecule has 0 aromatic heterocycles. The van der Waals surface area contributed by atoms with Crippen LogP contribution in [0.2, 0.25) is 0 Å². The van der Waals surface area contributed by atoms with Crippen molar-refractivity contribution in [1.29, 1.82) is 0 Å². The van der Waals surface area contributed by atoms with E-state index in [1.54, 1.807) is 0 Å². The Kier molecular flexibility index (Phi) is 6.22. The van der Waals surface area contributed by atoms with Gasteiger partial charge in [-0.1, -0.05) is 6.92 Å². The van der Waals surface area contributed by atoms with E-state index < -0.39 is 21.2 Å². The minimum Gasteiger partial charge on any atom is -0.468 e. The molecule has 1 heterocycles. The summed E-state index contributed by atoms with van der Waals surface area (Å²) in [7, 11) is -2.43. The smallest absolute Gasteiger partial charge is 0.325 e. The summed E-state index contributed by atoms with van der Waals surface area (Å²) in [5, 5.41) is 2.07. The Morgan fingerprint density at radius 3 is 2.47 bits per heavy atom. The van der Waals surface area contributed by atoms with Gasteiger partial charge in [-0.25, -0.2) is 8.42 Å². The highest BCUT2D eigenvalue weighted by molar-refractivity contribution is 7.90. The molecule has 1 N–H and O–H groups in total. The van der Waals surface area contributed by atoms with Crippen LogP contribution in [-0.2, 0) is 19.6 Å². The normalized spacial score (nSPS) is 19.4. The van der Waals surface area contributed by atoms with Crippen molar-refractivity contribution < 1.29 is 17.9 Å². The third-order valence-electron chi connectivity index (χ3n) is 3.47. The van der Waals surface area contributed by atoms with Crippen molar-refractivity contribution in [3.8, 4) is 0 Å². The summed E-state index contributed by atoms with van der Waals surface area (Å²) in [6.07, 6.45) is 2.30. The number of nitrogens with one attached hydrogen (secondary N) is 1. The fraction of sp³-hybridized carbons (Fsp3) is 0.917. The average Bonchev–Trinajstić information content (AvgIpc) is 2.43. The van der Waals surface area contributed by atoms with Gasteiger partial charge in [0.05, 0.1) is 7.11 Å². The fourth-order valence-corrected chi connectivity index (χ4v) is 4.13. The summed E-state index contributed by atoms with van der Waals surface area (Å²) >= 11 is 0. The van der Waals surface area contributed by atoms with Gasteiger partial charge < -0.3 is 10.1 Å². The van der Waals surface area contributed by atoms with E-state index in [9.17, 15) is 13.2 Å². The van der Waals surface area contributed by atoms with Gasteiger partial charge in [0.2, 0.25) is 10.0 Å². The van der Waals surface area contributed by atoms with Crippen molar-refractivity contribution in [2.75, 3.05) is 26.7 Å². The van der Waals surface area contributed by atoms with Gasteiger partial charge in [0.1, 0.15) is 0 Å². The minimum atomic E-state index is -3.64. The molecule has 112 valence electrons. The number of sulfonamides is 1. The number of esters is 1. The number of rotatable bonds is 6. The van der Waals surface area contributed by atoms with E-state index in [0.717, 1.165) is 32.4 Å². The van der Waals surface area contributed by atoms with E-state index in [0.29, 0.717) is 6.54 Å². The zero-order chi connectivity index (χ0) is 14.5. The second kappa shape index (κ2) is 7.21. The molecule has 0 aromatic rings. The lowest BCUT2D eigenvalue weighted by Crippen LogP contribution is -2.50. The maximum Gasteiger partial charge on any atom is 0.325 e. The Hall–Kier alpha value is -0.660. The molecule has 1 unspecified atom stereocenters. The van der Waals surface area contributed by atoms with Crippen molar-refractivity contribution >= 4 is 16.0 Å². The average molecular weight is 292 g/mol. The van der Waals surface area contributed by atoms with Gasteiger partial charge in [0, 0.05) is 12.6 Å². The molecule has 1 aliphatic rings. The first kappa shape index (κ1) is 16.4. The first-order valence-corrected chi connectivity index (χ1v) is 8.24. The number of methoxy groups -OCH3 is 1. The van der Waals surface area contributed by atoms with Crippen LogP contribution in [-0.4, -0.2) is 56.7 Å². The van der Waals surface area contributed by atoms with E-state index in [1.807, 2.05) is 6.92 Å². The summed E-state index contributed by atoms with van der Waals surface area (Å²) in [6, 6.07) is -0.0155. The van der Waals surface area contributed by atoms with Gasteiger partial charge in [-0.2, -0.15) is 4.31 Å². The predicted molar refractivity (Wildman–Crippen MR) is 73.3 cm³/mol. The van der Waals surface area contributed by atoms with Crippen LogP contribution in [0.15, 0.2) is 0 Å². The Morgan fingerprint density at radius 2 is 2.00 bits per heavy atom. The molecule has 0 bridgehead atoms. The zero-order valence-corrected chi connectivity index (χ0v) is 12.7. The van der Waals surface area contributed by atoms with Crippen LogP contribution in [0.3, 0.4) is 0 Å².